The predicted octanol–water partition coefficient (Wildman–Crippen LogP) is -2.85. The average molecular weight is 252 g/mol. The topological polar surface area (TPSA) is 138 Å². The van der Waals surface area contributed by atoms with Crippen molar-refractivity contribution < 1.29 is 35.4 Å². The lowest BCUT2D eigenvalue weighted by Crippen LogP contribution is -2.48. The van der Waals surface area contributed by atoms with E-state index in [1.807, 2.05) is 0 Å². The van der Waals surface area contributed by atoms with Gasteiger partial charge in [0.2, 0.25) is 0 Å². The monoisotopic (exact) mass is 252 g/mol. The third kappa shape index (κ3) is 5.53. The van der Waals surface area contributed by atoms with Crippen LogP contribution in [-0.4, -0.2) is 74.1 Å². The molecule has 17 heavy (non-hydrogen) atoms. The van der Waals surface area contributed by atoms with E-state index in [1.54, 1.807) is 0 Å². The highest BCUT2D eigenvalue weighted by Crippen LogP contribution is 2.09. The Bertz CT molecular complexity index is 221. The molecule has 0 bridgehead atoms. The molecule has 102 valence electrons. The summed E-state index contributed by atoms with van der Waals surface area (Å²) in [5, 5.41) is 54.1. The van der Waals surface area contributed by atoms with Crippen molar-refractivity contribution >= 4 is 5.78 Å². The number of Topliss-reactive ketones (excluding diaryl/α,β-unsaturated/α-hetero) is 1. The molecule has 0 radical (unpaired) electrons. The number of carbonyl (C=O) groups is 1. The fraction of sp³-hybridized carbons (Fsp3) is 0.900. The molecule has 0 aromatic rings. The molecule has 0 aliphatic rings. The van der Waals surface area contributed by atoms with Crippen LogP contribution in [0.3, 0.4) is 0 Å². The smallest absolute Gasteiger partial charge is 0.164 e. The SMILES string of the molecule is O=C(CCCCO)[C@H](O)[C@@H](O)[C@@H](O)[C@H](O)CO. The standard InChI is InChI=1S/C10H20O7/c11-4-2-1-3-6(13)8(15)10(17)9(16)7(14)5-12/h7-12,14-17H,1-5H2/t7-,8+,9+,10-/m1/s1. The van der Waals surface area contributed by atoms with Crippen molar-refractivity contribution in [3.63, 3.8) is 0 Å². The Labute approximate surface area is 99.0 Å². The Balaban J connectivity index is 4.18. The molecule has 0 aromatic heterocycles. The van der Waals surface area contributed by atoms with Gasteiger partial charge in [0, 0.05) is 13.0 Å². The zero-order chi connectivity index (χ0) is 13.4. The third-order valence-corrected chi connectivity index (χ3v) is 2.42. The number of hydrogen-bond acceptors (Lipinski definition) is 7. The Morgan fingerprint density at radius 3 is 2.00 bits per heavy atom. The summed E-state index contributed by atoms with van der Waals surface area (Å²) >= 11 is 0. The van der Waals surface area contributed by atoms with Crippen LogP contribution in [0.5, 0.6) is 0 Å². The van der Waals surface area contributed by atoms with Crippen LogP contribution in [-0.2, 0) is 4.79 Å². The maximum atomic E-state index is 11.3. The highest BCUT2D eigenvalue weighted by Gasteiger charge is 2.33. The number of ketones is 1. The van der Waals surface area contributed by atoms with Crippen molar-refractivity contribution in [3.05, 3.63) is 0 Å². The molecular weight excluding hydrogens is 232 g/mol. The summed E-state index contributed by atoms with van der Waals surface area (Å²) in [6.45, 7) is -0.860. The first-order valence-corrected chi connectivity index (χ1v) is 5.42. The molecule has 0 unspecified atom stereocenters. The van der Waals surface area contributed by atoms with E-state index in [1.165, 1.54) is 0 Å². The first-order chi connectivity index (χ1) is 7.95. The Hall–Kier alpha value is -0.570. The number of aliphatic hydroxyl groups excluding tert-OH is 6. The maximum absolute atomic E-state index is 11.3. The Kier molecular flexibility index (Phi) is 8.23. The van der Waals surface area contributed by atoms with Gasteiger partial charge in [0.1, 0.15) is 24.4 Å². The molecule has 4 atom stereocenters. The van der Waals surface area contributed by atoms with E-state index in [9.17, 15) is 20.1 Å². The van der Waals surface area contributed by atoms with Crippen molar-refractivity contribution in [2.45, 2.75) is 43.7 Å². The molecule has 0 saturated carbocycles. The average Bonchev–Trinajstić information content (AvgIpc) is 2.35. The van der Waals surface area contributed by atoms with Gasteiger partial charge in [-0.15, -0.1) is 0 Å². The minimum atomic E-state index is -1.85. The van der Waals surface area contributed by atoms with Gasteiger partial charge >= 0.3 is 0 Å². The molecule has 0 heterocycles. The molecule has 0 aliphatic carbocycles. The second-order valence-electron chi connectivity index (χ2n) is 3.82. The van der Waals surface area contributed by atoms with Crippen LogP contribution in [0.15, 0.2) is 0 Å². The molecule has 0 fully saturated rings. The third-order valence-electron chi connectivity index (χ3n) is 2.42. The summed E-state index contributed by atoms with van der Waals surface area (Å²) in [4.78, 5) is 11.3. The number of aliphatic hydroxyl groups is 6. The highest BCUT2D eigenvalue weighted by molar-refractivity contribution is 5.83. The predicted molar refractivity (Wildman–Crippen MR) is 57.1 cm³/mol. The fourth-order valence-corrected chi connectivity index (χ4v) is 1.27. The van der Waals surface area contributed by atoms with Crippen molar-refractivity contribution in [1.82, 2.24) is 0 Å². The number of hydrogen-bond donors (Lipinski definition) is 6. The van der Waals surface area contributed by atoms with Crippen LogP contribution in [0.4, 0.5) is 0 Å². The molecule has 6 N–H and O–H groups in total. The number of rotatable bonds is 9. The van der Waals surface area contributed by atoms with E-state index < -0.39 is 36.8 Å². The Morgan fingerprint density at radius 1 is 0.941 bits per heavy atom. The number of carbonyl (C=O) groups excluding carboxylic acids is 1. The fourth-order valence-electron chi connectivity index (χ4n) is 1.27. The van der Waals surface area contributed by atoms with E-state index in [0.29, 0.717) is 12.8 Å². The van der Waals surface area contributed by atoms with Crippen LogP contribution in [0.25, 0.3) is 0 Å². The molecule has 7 nitrogen and oxygen atoms in total. The number of unbranched alkanes of at least 4 members (excludes halogenated alkanes) is 1. The van der Waals surface area contributed by atoms with Gasteiger partial charge in [-0.25, -0.2) is 0 Å². The lowest BCUT2D eigenvalue weighted by Gasteiger charge is -2.24. The molecule has 0 aromatic carbocycles. The summed E-state index contributed by atoms with van der Waals surface area (Å²) < 4.78 is 0. The second kappa shape index (κ2) is 8.51. The van der Waals surface area contributed by atoms with Gasteiger partial charge in [0.05, 0.1) is 6.61 Å². The highest BCUT2D eigenvalue weighted by atomic mass is 16.4. The van der Waals surface area contributed by atoms with Crippen molar-refractivity contribution in [2.24, 2.45) is 0 Å². The van der Waals surface area contributed by atoms with Crippen LogP contribution in [0.1, 0.15) is 19.3 Å². The Morgan fingerprint density at radius 2 is 1.53 bits per heavy atom. The van der Waals surface area contributed by atoms with Gasteiger partial charge in [-0.2, -0.15) is 0 Å². The minimum absolute atomic E-state index is 0.0409. The van der Waals surface area contributed by atoms with Crippen LogP contribution >= 0.6 is 0 Å². The zero-order valence-corrected chi connectivity index (χ0v) is 9.44. The molecule has 0 saturated heterocycles. The quantitative estimate of drug-likeness (QED) is 0.243. The first-order valence-electron chi connectivity index (χ1n) is 5.42. The van der Waals surface area contributed by atoms with Crippen LogP contribution in [0, 0.1) is 0 Å². The summed E-state index contributed by atoms with van der Waals surface area (Å²) in [6, 6.07) is 0. The van der Waals surface area contributed by atoms with Crippen molar-refractivity contribution in [2.75, 3.05) is 13.2 Å². The van der Waals surface area contributed by atoms with Crippen LogP contribution in [0.2, 0.25) is 0 Å². The zero-order valence-electron chi connectivity index (χ0n) is 9.44. The lowest BCUT2D eigenvalue weighted by molar-refractivity contribution is -0.147. The van der Waals surface area contributed by atoms with Gasteiger partial charge in [0.25, 0.3) is 0 Å². The van der Waals surface area contributed by atoms with Crippen molar-refractivity contribution in [1.29, 1.82) is 0 Å². The molecule has 0 spiro atoms. The van der Waals surface area contributed by atoms with Crippen molar-refractivity contribution in [3.8, 4) is 0 Å². The second-order valence-corrected chi connectivity index (χ2v) is 3.82. The molecule has 0 rings (SSSR count). The minimum Gasteiger partial charge on any atom is -0.396 e. The van der Waals surface area contributed by atoms with Gasteiger partial charge in [0.15, 0.2) is 5.78 Å². The summed E-state index contributed by atoms with van der Waals surface area (Å²) in [5.41, 5.74) is 0. The lowest BCUT2D eigenvalue weighted by atomic mass is 9.98. The van der Waals surface area contributed by atoms with Crippen LogP contribution < -0.4 is 0 Å². The summed E-state index contributed by atoms with van der Waals surface area (Å²) in [7, 11) is 0. The molecule has 0 aliphatic heterocycles. The van der Waals surface area contributed by atoms with E-state index in [0.717, 1.165) is 0 Å². The van der Waals surface area contributed by atoms with Gasteiger partial charge in [-0.1, -0.05) is 0 Å². The van der Waals surface area contributed by atoms with Gasteiger partial charge in [-0.3, -0.25) is 4.79 Å². The molecule has 0 amide bonds. The van der Waals surface area contributed by atoms with Gasteiger partial charge < -0.3 is 30.6 Å². The largest absolute Gasteiger partial charge is 0.396 e. The van der Waals surface area contributed by atoms with E-state index in [-0.39, 0.29) is 13.0 Å². The first kappa shape index (κ1) is 16.4. The summed E-state index contributed by atoms with van der Waals surface area (Å²) in [6.07, 6.45) is -6.36. The summed E-state index contributed by atoms with van der Waals surface area (Å²) in [5.74, 6) is -0.685. The van der Waals surface area contributed by atoms with E-state index >= 15 is 0 Å². The molecule has 7 heteroatoms. The normalized spacial score (nSPS) is 18.5. The van der Waals surface area contributed by atoms with E-state index in [4.69, 9.17) is 15.3 Å². The van der Waals surface area contributed by atoms with E-state index in [2.05, 4.69) is 0 Å². The van der Waals surface area contributed by atoms with Gasteiger partial charge in [-0.05, 0) is 12.8 Å². The maximum Gasteiger partial charge on any atom is 0.164 e. The molecular formula is C10H20O7.